The third-order valence-electron chi connectivity index (χ3n) is 3.97. The molecule has 0 spiro atoms. The van der Waals surface area contributed by atoms with Crippen molar-refractivity contribution < 1.29 is 4.79 Å². The van der Waals surface area contributed by atoms with Gasteiger partial charge in [-0.1, -0.05) is 0 Å². The Morgan fingerprint density at radius 1 is 1.00 bits per heavy atom. The summed E-state index contributed by atoms with van der Waals surface area (Å²) < 4.78 is 0. The molecule has 3 aromatic rings. The maximum absolute atomic E-state index is 12.6. The maximum atomic E-state index is 12.6. The molecule has 1 aromatic carbocycles. The Morgan fingerprint density at radius 2 is 1.81 bits per heavy atom. The summed E-state index contributed by atoms with van der Waals surface area (Å²) in [7, 11) is 0. The molecule has 0 saturated carbocycles. The van der Waals surface area contributed by atoms with Gasteiger partial charge in [0.05, 0.1) is 6.54 Å². The number of aryl methyl sites for hydroxylation is 2. The van der Waals surface area contributed by atoms with Crippen molar-refractivity contribution >= 4 is 5.91 Å². The number of pyridine rings is 1. The number of nitrogens with zero attached hydrogens (tertiary/aromatic N) is 3. The van der Waals surface area contributed by atoms with Crippen LogP contribution in [0.4, 0.5) is 0 Å². The van der Waals surface area contributed by atoms with E-state index in [4.69, 9.17) is 5.73 Å². The first-order valence-corrected chi connectivity index (χ1v) is 8.39. The van der Waals surface area contributed by atoms with E-state index in [1.807, 2.05) is 50.2 Å². The maximum Gasteiger partial charge on any atom is 0.251 e. The summed E-state index contributed by atoms with van der Waals surface area (Å²) in [5, 5.41) is 2.87. The number of nitrogens with one attached hydrogen (secondary N) is 1. The van der Waals surface area contributed by atoms with E-state index in [0.29, 0.717) is 17.9 Å². The van der Waals surface area contributed by atoms with E-state index >= 15 is 0 Å². The monoisotopic (exact) mass is 347 g/mol. The molecule has 3 rings (SSSR count). The molecule has 6 nitrogen and oxygen atoms in total. The van der Waals surface area contributed by atoms with Crippen molar-refractivity contribution in [1.82, 2.24) is 20.3 Å². The summed E-state index contributed by atoms with van der Waals surface area (Å²) in [6, 6.07) is 11.4. The second-order valence-electron chi connectivity index (χ2n) is 6.11. The summed E-state index contributed by atoms with van der Waals surface area (Å²) >= 11 is 0. The highest BCUT2D eigenvalue weighted by Gasteiger charge is 2.10. The molecule has 2 heterocycles. The Balaban J connectivity index is 1.84. The van der Waals surface area contributed by atoms with Gasteiger partial charge in [0.2, 0.25) is 0 Å². The Morgan fingerprint density at radius 3 is 2.54 bits per heavy atom. The molecule has 0 saturated heterocycles. The Kier molecular flexibility index (Phi) is 5.34. The lowest BCUT2D eigenvalue weighted by Gasteiger charge is -2.10. The number of carbonyl (C=O) groups is 1. The predicted octanol–water partition coefficient (Wildman–Crippen LogP) is 2.54. The van der Waals surface area contributed by atoms with Crippen LogP contribution in [0.15, 0.2) is 48.8 Å². The van der Waals surface area contributed by atoms with Gasteiger partial charge in [-0.15, -0.1) is 0 Å². The molecular formula is C20H21N5O. The van der Waals surface area contributed by atoms with Crippen LogP contribution in [-0.4, -0.2) is 20.9 Å². The van der Waals surface area contributed by atoms with Crippen molar-refractivity contribution in [2.45, 2.75) is 26.9 Å². The van der Waals surface area contributed by atoms with E-state index in [1.54, 1.807) is 12.4 Å². The van der Waals surface area contributed by atoms with Crippen LogP contribution >= 0.6 is 0 Å². The van der Waals surface area contributed by atoms with Crippen molar-refractivity contribution in [3.63, 3.8) is 0 Å². The molecule has 2 aromatic heterocycles. The first-order valence-electron chi connectivity index (χ1n) is 8.39. The first-order chi connectivity index (χ1) is 12.5. The molecular weight excluding hydrogens is 326 g/mol. The van der Waals surface area contributed by atoms with Crippen LogP contribution in [0, 0.1) is 13.8 Å². The van der Waals surface area contributed by atoms with Crippen LogP contribution in [0.2, 0.25) is 0 Å². The lowest BCUT2D eigenvalue weighted by Crippen LogP contribution is -2.24. The SMILES string of the molecule is Cc1cc(-c2cc(CN)cc(C(=O)NCc3nccc(C)n3)c2)ccn1. The summed E-state index contributed by atoms with van der Waals surface area (Å²) in [6.45, 7) is 4.46. The molecule has 0 aliphatic heterocycles. The van der Waals surface area contributed by atoms with E-state index in [-0.39, 0.29) is 12.5 Å². The number of nitrogens with two attached hydrogens (primary N) is 1. The van der Waals surface area contributed by atoms with Crippen molar-refractivity contribution in [3.8, 4) is 11.1 Å². The number of hydrogen-bond donors (Lipinski definition) is 2. The van der Waals surface area contributed by atoms with Crippen LogP contribution in [0.1, 0.15) is 33.1 Å². The average molecular weight is 347 g/mol. The van der Waals surface area contributed by atoms with E-state index < -0.39 is 0 Å². The van der Waals surface area contributed by atoms with Gasteiger partial charge in [0.15, 0.2) is 0 Å². The number of hydrogen-bond acceptors (Lipinski definition) is 5. The lowest BCUT2D eigenvalue weighted by atomic mass is 9.99. The third kappa shape index (κ3) is 4.29. The molecule has 0 aliphatic carbocycles. The third-order valence-corrected chi connectivity index (χ3v) is 3.97. The van der Waals surface area contributed by atoms with Crippen molar-refractivity contribution in [2.24, 2.45) is 5.73 Å². The number of rotatable bonds is 5. The van der Waals surface area contributed by atoms with Gasteiger partial charge >= 0.3 is 0 Å². The quantitative estimate of drug-likeness (QED) is 0.740. The standard InChI is InChI=1S/C20H21N5O/c1-13-3-5-23-19(25-13)12-24-20(26)18-9-15(11-21)8-17(10-18)16-4-6-22-14(2)7-16/h3-10H,11-12,21H2,1-2H3,(H,24,26). The molecule has 0 radical (unpaired) electrons. The van der Waals surface area contributed by atoms with Crippen LogP contribution in [0.25, 0.3) is 11.1 Å². The first kappa shape index (κ1) is 17.7. The van der Waals surface area contributed by atoms with E-state index in [2.05, 4.69) is 20.3 Å². The molecule has 0 aliphatic rings. The number of amides is 1. The molecule has 0 unspecified atom stereocenters. The summed E-state index contributed by atoms with van der Waals surface area (Å²) in [4.78, 5) is 25.3. The Labute approximate surface area is 152 Å². The molecule has 0 atom stereocenters. The summed E-state index contributed by atoms with van der Waals surface area (Å²) in [5.74, 6) is 0.399. The van der Waals surface area contributed by atoms with Gasteiger partial charge in [-0.3, -0.25) is 9.78 Å². The molecule has 1 amide bonds. The van der Waals surface area contributed by atoms with Crippen LogP contribution in [0.3, 0.4) is 0 Å². The largest absolute Gasteiger partial charge is 0.345 e. The summed E-state index contributed by atoms with van der Waals surface area (Å²) in [6.07, 6.45) is 3.44. The fraction of sp³-hybridized carbons (Fsp3) is 0.200. The van der Waals surface area contributed by atoms with Crippen LogP contribution < -0.4 is 11.1 Å². The van der Waals surface area contributed by atoms with Crippen molar-refractivity contribution in [3.05, 3.63) is 77.1 Å². The van der Waals surface area contributed by atoms with Gasteiger partial charge in [-0.2, -0.15) is 0 Å². The molecule has 6 heteroatoms. The van der Waals surface area contributed by atoms with Gasteiger partial charge in [0.1, 0.15) is 5.82 Å². The van der Waals surface area contributed by atoms with Crippen LogP contribution in [-0.2, 0) is 13.1 Å². The number of benzene rings is 1. The van der Waals surface area contributed by atoms with E-state index in [0.717, 1.165) is 28.1 Å². The Bertz CT molecular complexity index is 939. The lowest BCUT2D eigenvalue weighted by molar-refractivity contribution is 0.0949. The van der Waals surface area contributed by atoms with Gasteiger partial charge in [-0.05, 0) is 66.9 Å². The minimum atomic E-state index is -0.183. The topological polar surface area (TPSA) is 93.8 Å². The van der Waals surface area contributed by atoms with E-state index in [1.165, 1.54) is 0 Å². The van der Waals surface area contributed by atoms with Crippen molar-refractivity contribution in [2.75, 3.05) is 0 Å². The van der Waals surface area contributed by atoms with Crippen LogP contribution in [0.5, 0.6) is 0 Å². The molecule has 132 valence electrons. The van der Waals surface area contributed by atoms with Crippen molar-refractivity contribution in [1.29, 1.82) is 0 Å². The normalized spacial score (nSPS) is 10.6. The number of aromatic nitrogens is 3. The van der Waals surface area contributed by atoms with Gasteiger partial charge in [0.25, 0.3) is 5.91 Å². The molecule has 3 N–H and O–H groups in total. The zero-order valence-electron chi connectivity index (χ0n) is 14.9. The molecule has 0 bridgehead atoms. The Hall–Kier alpha value is -3.12. The van der Waals surface area contributed by atoms with Gasteiger partial charge < -0.3 is 11.1 Å². The minimum absolute atomic E-state index is 0.183. The highest BCUT2D eigenvalue weighted by Crippen LogP contribution is 2.23. The fourth-order valence-electron chi connectivity index (χ4n) is 2.68. The zero-order valence-corrected chi connectivity index (χ0v) is 14.9. The second kappa shape index (κ2) is 7.84. The van der Waals surface area contributed by atoms with Gasteiger partial charge in [0, 0.05) is 35.9 Å². The highest BCUT2D eigenvalue weighted by atomic mass is 16.1. The number of carbonyl (C=O) groups excluding carboxylic acids is 1. The van der Waals surface area contributed by atoms with E-state index in [9.17, 15) is 4.79 Å². The second-order valence-corrected chi connectivity index (χ2v) is 6.11. The summed E-state index contributed by atoms with van der Waals surface area (Å²) in [5.41, 5.74) is 11.0. The minimum Gasteiger partial charge on any atom is -0.345 e. The highest BCUT2D eigenvalue weighted by molar-refractivity contribution is 5.95. The molecule has 26 heavy (non-hydrogen) atoms. The molecule has 0 fully saturated rings. The smallest absolute Gasteiger partial charge is 0.251 e. The predicted molar refractivity (Wildman–Crippen MR) is 100 cm³/mol. The average Bonchev–Trinajstić information content (AvgIpc) is 2.65. The zero-order chi connectivity index (χ0) is 18.5. The van der Waals surface area contributed by atoms with Gasteiger partial charge in [-0.25, -0.2) is 9.97 Å². The fourth-order valence-corrected chi connectivity index (χ4v) is 2.68.